The van der Waals surface area contributed by atoms with Crippen molar-refractivity contribution in [2.45, 2.75) is 52.6 Å². The van der Waals surface area contributed by atoms with E-state index in [1.54, 1.807) is 0 Å². The van der Waals surface area contributed by atoms with Gasteiger partial charge in [0, 0.05) is 0 Å². The van der Waals surface area contributed by atoms with E-state index in [1.807, 2.05) is 24.3 Å². The number of rotatable bonds is 5. The predicted molar refractivity (Wildman–Crippen MR) is 82.9 cm³/mol. The van der Waals surface area contributed by atoms with Gasteiger partial charge in [0.05, 0.1) is 12.7 Å². The topological polar surface area (TPSA) is 29.5 Å². The van der Waals surface area contributed by atoms with Crippen molar-refractivity contribution in [1.82, 2.24) is 0 Å². The molecule has 0 heterocycles. The van der Waals surface area contributed by atoms with Crippen LogP contribution in [0.1, 0.15) is 58.1 Å². The summed E-state index contributed by atoms with van der Waals surface area (Å²) in [7, 11) is 0. The van der Waals surface area contributed by atoms with Gasteiger partial charge < -0.3 is 9.84 Å². The van der Waals surface area contributed by atoms with E-state index >= 15 is 0 Å². The van der Waals surface area contributed by atoms with Crippen LogP contribution in [0.4, 0.5) is 0 Å². The Morgan fingerprint density at radius 2 is 1.90 bits per heavy atom. The third kappa shape index (κ3) is 3.99. The zero-order chi connectivity index (χ0) is 14.5. The first-order valence-corrected chi connectivity index (χ1v) is 8.01. The molecule has 2 nitrogen and oxygen atoms in total. The molecule has 1 fully saturated rings. The van der Waals surface area contributed by atoms with Gasteiger partial charge in [-0.2, -0.15) is 0 Å². The van der Waals surface area contributed by atoms with Crippen molar-refractivity contribution in [2.24, 2.45) is 17.8 Å². The highest BCUT2D eigenvalue weighted by Crippen LogP contribution is 2.40. The molecule has 0 amide bonds. The Hall–Kier alpha value is -1.02. The van der Waals surface area contributed by atoms with Crippen LogP contribution in [0.2, 0.25) is 0 Å². The summed E-state index contributed by atoms with van der Waals surface area (Å²) in [5.74, 6) is 2.70. The molecule has 1 aliphatic carbocycles. The van der Waals surface area contributed by atoms with Gasteiger partial charge in [-0.15, -0.1) is 0 Å². The van der Waals surface area contributed by atoms with Crippen LogP contribution < -0.4 is 4.74 Å². The summed E-state index contributed by atoms with van der Waals surface area (Å²) in [6, 6.07) is 7.98. The molecule has 1 aliphatic rings. The van der Waals surface area contributed by atoms with Gasteiger partial charge in [0.25, 0.3) is 0 Å². The van der Waals surface area contributed by atoms with Gasteiger partial charge in [0.1, 0.15) is 5.75 Å². The zero-order valence-corrected chi connectivity index (χ0v) is 13.0. The third-order valence-corrected chi connectivity index (χ3v) is 4.33. The first-order valence-electron chi connectivity index (χ1n) is 8.01. The first-order chi connectivity index (χ1) is 9.60. The second-order valence-electron chi connectivity index (χ2n) is 6.54. The average molecular weight is 276 g/mol. The van der Waals surface area contributed by atoms with Crippen molar-refractivity contribution in [3.63, 3.8) is 0 Å². The fourth-order valence-corrected chi connectivity index (χ4v) is 3.55. The summed E-state index contributed by atoms with van der Waals surface area (Å²) in [5.41, 5.74) is 1.00. The normalized spacial score (nSPS) is 28.1. The minimum Gasteiger partial charge on any atom is -0.494 e. The van der Waals surface area contributed by atoms with Crippen molar-refractivity contribution in [3.8, 4) is 5.75 Å². The molecule has 1 aromatic rings. The molecular weight excluding hydrogens is 248 g/mol. The predicted octanol–water partition coefficient (Wildman–Crippen LogP) is 4.58. The second kappa shape index (κ2) is 7.12. The van der Waals surface area contributed by atoms with Crippen LogP contribution in [0.3, 0.4) is 0 Å². The number of benzene rings is 1. The van der Waals surface area contributed by atoms with E-state index in [2.05, 4.69) is 20.8 Å². The summed E-state index contributed by atoms with van der Waals surface area (Å²) < 4.78 is 5.66. The molecule has 1 saturated carbocycles. The van der Waals surface area contributed by atoms with E-state index in [-0.39, 0.29) is 6.10 Å². The molecule has 3 unspecified atom stereocenters. The van der Waals surface area contributed by atoms with E-state index < -0.39 is 0 Å². The average Bonchev–Trinajstić information content (AvgIpc) is 2.43. The van der Waals surface area contributed by atoms with Gasteiger partial charge in [-0.1, -0.05) is 32.9 Å². The highest BCUT2D eigenvalue weighted by atomic mass is 16.5. The first kappa shape index (κ1) is 15.4. The Kier molecular flexibility index (Phi) is 5.47. The molecule has 1 aromatic carbocycles. The van der Waals surface area contributed by atoms with E-state index in [0.29, 0.717) is 5.92 Å². The summed E-state index contributed by atoms with van der Waals surface area (Å²) in [4.78, 5) is 0. The van der Waals surface area contributed by atoms with E-state index in [9.17, 15) is 5.11 Å². The number of hydrogen-bond donors (Lipinski definition) is 1. The summed E-state index contributed by atoms with van der Waals surface area (Å²) in [5, 5.41) is 10.7. The van der Waals surface area contributed by atoms with Crippen LogP contribution in [-0.4, -0.2) is 11.7 Å². The molecule has 2 rings (SSSR count). The molecule has 0 aliphatic heterocycles. The fourth-order valence-electron chi connectivity index (χ4n) is 3.55. The highest BCUT2D eigenvalue weighted by molar-refractivity contribution is 5.30. The molecular formula is C18H28O2. The molecule has 0 spiro atoms. The van der Waals surface area contributed by atoms with Crippen LogP contribution in [0.25, 0.3) is 0 Å². The van der Waals surface area contributed by atoms with E-state index in [1.165, 1.54) is 6.42 Å². The van der Waals surface area contributed by atoms with Gasteiger partial charge in [-0.3, -0.25) is 0 Å². The van der Waals surface area contributed by atoms with Crippen molar-refractivity contribution >= 4 is 0 Å². The van der Waals surface area contributed by atoms with Crippen LogP contribution >= 0.6 is 0 Å². The largest absolute Gasteiger partial charge is 0.494 e. The zero-order valence-electron chi connectivity index (χ0n) is 13.0. The molecule has 112 valence electrons. The Labute approximate surface area is 123 Å². The molecule has 0 bridgehead atoms. The number of aliphatic hydroxyl groups is 1. The lowest BCUT2D eigenvalue weighted by Crippen LogP contribution is -2.24. The summed E-state index contributed by atoms with van der Waals surface area (Å²) in [6.07, 6.45) is 4.20. The lowest BCUT2D eigenvalue weighted by molar-refractivity contribution is 0.0550. The second-order valence-corrected chi connectivity index (χ2v) is 6.54. The van der Waals surface area contributed by atoms with Crippen LogP contribution in [0.5, 0.6) is 5.75 Å². The molecule has 2 heteroatoms. The Bertz CT molecular complexity index is 406. The molecule has 3 atom stereocenters. The number of hydrogen-bond acceptors (Lipinski definition) is 2. The molecule has 0 radical (unpaired) electrons. The summed E-state index contributed by atoms with van der Waals surface area (Å²) >= 11 is 0. The standard InChI is InChI=1S/C18H28O2/c1-4-8-20-17-7-5-6-15(12-17)18(19)16-10-13(2)9-14(3)11-16/h5-7,12-14,16,18-19H,4,8-11H2,1-3H3. The lowest BCUT2D eigenvalue weighted by Gasteiger charge is -2.34. The molecule has 20 heavy (non-hydrogen) atoms. The van der Waals surface area contributed by atoms with Gasteiger partial charge in [-0.25, -0.2) is 0 Å². The van der Waals surface area contributed by atoms with Crippen LogP contribution in [-0.2, 0) is 0 Å². The smallest absolute Gasteiger partial charge is 0.119 e. The highest BCUT2D eigenvalue weighted by Gasteiger charge is 2.29. The maximum absolute atomic E-state index is 10.7. The quantitative estimate of drug-likeness (QED) is 0.853. The van der Waals surface area contributed by atoms with Crippen LogP contribution in [0.15, 0.2) is 24.3 Å². The van der Waals surface area contributed by atoms with Gasteiger partial charge in [-0.05, 0) is 61.1 Å². The van der Waals surface area contributed by atoms with Crippen molar-refractivity contribution in [2.75, 3.05) is 6.61 Å². The lowest BCUT2D eigenvalue weighted by atomic mass is 9.73. The Morgan fingerprint density at radius 1 is 1.20 bits per heavy atom. The maximum atomic E-state index is 10.7. The number of ether oxygens (including phenoxy) is 1. The molecule has 0 saturated heterocycles. The Morgan fingerprint density at radius 3 is 2.55 bits per heavy atom. The Balaban J connectivity index is 2.05. The molecule has 0 aromatic heterocycles. The minimum absolute atomic E-state index is 0.356. The SMILES string of the molecule is CCCOc1cccc(C(O)C2CC(C)CC(C)C2)c1. The van der Waals surface area contributed by atoms with Gasteiger partial charge >= 0.3 is 0 Å². The number of aliphatic hydroxyl groups excluding tert-OH is 1. The maximum Gasteiger partial charge on any atom is 0.119 e. The fraction of sp³-hybridized carbons (Fsp3) is 0.667. The molecule has 1 N–H and O–H groups in total. The van der Waals surface area contributed by atoms with Crippen LogP contribution in [0, 0.1) is 17.8 Å². The van der Waals surface area contributed by atoms with E-state index in [0.717, 1.165) is 49.0 Å². The minimum atomic E-state index is -0.356. The van der Waals surface area contributed by atoms with Gasteiger partial charge in [0.2, 0.25) is 0 Å². The monoisotopic (exact) mass is 276 g/mol. The van der Waals surface area contributed by atoms with Crippen molar-refractivity contribution in [1.29, 1.82) is 0 Å². The van der Waals surface area contributed by atoms with Crippen molar-refractivity contribution in [3.05, 3.63) is 29.8 Å². The van der Waals surface area contributed by atoms with Crippen molar-refractivity contribution < 1.29 is 9.84 Å². The summed E-state index contributed by atoms with van der Waals surface area (Å²) in [6.45, 7) is 7.44. The van der Waals surface area contributed by atoms with E-state index in [4.69, 9.17) is 4.74 Å². The third-order valence-electron chi connectivity index (χ3n) is 4.33. The van der Waals surface area contributed by atoms with Gasteiger partial charge in [0.15, 0.2) is 0 Å².